The van der Waals surface area contributed by atoms with E-state index < -0.39 is 17.3 Å². The second-order valence-corrected chi connectivity index (χ2v) is 7.46. The number of allylic oxidation sites excluding steroid dienone is 2. The van der Waals surface area contributed by atoms with Crippen LogP contribution in [0, 0.1) is 11.3 Å². The van der Waals surface area contributed by atoms with Crippen molar-refractivity contribution < 1.29 is 28.8 Å². The van der Waals surface area contributed by atoms with Gasteiger partial charge in [-0.15, -0.1) is 6.58 Å². The van der Waals surface area contributed by atoms with E-state index in [0.717, 1.165) is 17.1 Å². The maximum atomic E-state index is 11.7. The number of aliphatic hydroxyl groups is 1. The summed E-state index contributed by atoms with van der Waals surface area (Å²) in [5.41, 5.74) is 0.322. The van der Waals surface area contributed by atoms with E-state index in [4.69, 9.17) is 23.7 Å². The number of ether oxygens (including phenoxy) is 5. The fourth-order valence-corrected chi connectivity index (χ4v) is 4.80. The average molecular weight is 374 g/mol. The topological polar surface area (TPSA) is 66.4 Å². The summed E-state index contributed by atoms with van der Waals surface area (Å²) in [7, 11) is 3.21. The van der Waals surface area contributed by atoms with Crippen molar-refractivity contribution in [3.63, 3.8) is 0 Å². The third-order valence-corrected chi connectivity index (χ3v) is 6.31. The number of benzene rings is 1. The van der Waals surface area contributed by atoms with Crippen molar-refractivity contribution >= 4 is 0 Å². The summed E-state index contributed by atoms with van der Waals surface area (Å²) in [6, 6.07) is 5.77. The van der Waals surface area contributed by atoms with Crippen LogP contribution >= 0.6 is 0 Å². The van der Waals surface area contributed by atoms with Gasteiger partial charge >= 0.3 is 0 Å². The first-order valence-electron chi connectivity index (χ1n) is 9.17. The summed E-state index contributed by atoms with van der Waals surface area (Å²) in [5, 5.41) is 11.7. The van der Waals surface area contributed by atoms with E-state index in [1.807, 2.05) is 24.3 Å². The third-order valence-electron chi connectivity index (χ3n) is 6.31. The van der Waals surface area contributed by atoms with Crippen LogP contribution in [0.5, 0.6) is 11.5 Å². The van der Waals surface area contributed by atoms with Crippen LogP contribution in [0.15, 0.2) is 42.7 Å². The molecule has 1 aromatic rings. The molecule has 27 heavy (non-hydrogen) atoms. The molecule has 1 fully saturated rings. The molecule has 0 bridgehead atoms. The highest BCUT2D eigenvalue weighted by atomic mass is 16.7. The van der Waals surface area contributed by atoms with Gasteiger partial charge in [0.15, 0.2) is 11.5 Å². The van der Waals surface area contributed by atoms with Crippen molar-refractivity contribution in [1.29, 1.82) is 0 Å². The molecule has 146 valence electrons. The van der Waals surface area contributed by atoms with E-state index in [0.29, 0.717) is 18.6 Å². The highest BCUT2D eigenvalue weighted by Crippen LogP contribution is 2.63. The van der Waals surface area contributed by atoms with E-state index in [1.165, 1.54) is 0 Å². The first-order chi connectivity index (χ1) is 13.0. The number of rotatable bonds is 5. The van der Waals surface area contributed by atoms with E-state index in [-0.39, 0.29) is 18.8 Å². The standard InChI is InChI=1S/C21H26O6/c1-5-8-20-11-15(23-3)10-18(24-4)21(20,22)27-19(13(20)2)14-6-7-16-17(9-14)26-12-25-16/h5-7,9-10,13,18-19,22H,1,8,11-12H2,2-4H3/t13-,18+,19+,20+,21-/m0/s1. The minimum Gasteiger partial charge on any atom is -0.501 e. The molecule has 2 aliphatic heterocycles. The molecular formula is C21H26O6. The quantitative estimate of drug-likeness (QED) is 0.798. The molecule has 5 atom stereocenters. The van der Waals surface area contributed by atoms with E-state index >= 15 is 0 Å². The molecule has 6 heteroatoms. The van der Waals surface area contributed by atoms with Crippen molar-refractivity contribution in [2.45, 2.75) is 37.8 Å². The maximum Gasteiger partial charge on any atom is 0.231 e. The Labute approximate surface area is 159 Å². The first kappa shape index (κ1) is 18.3. The fraction of sp³-hybridized carbons (Fsp3) is 0.524. The Morgan fingerprint density at radius 1 is 1.30 bits per heavy atom. The zero-order valence-corrected chi connectivity index (χ0v) is 15.9. The summed E-state index contributed by atoms with van der Waals surface area (Å²) in [6.07, 6.45) is 3.79. The molecule has 6 nitrogen and oxygen atoms in total. The summed E-state index contributed by atoms with van der Waals surface area (Å²) in [5.74, 6) is 0.701. The number of fused-ring (bicyclic) bond motifs is 2. The van der Waals surface area contributed by atoms with Gasteiger partial charge in [-0.2, -0.15) is 0 Å². The third kappa shape index (κ3) is 2.51. The monoisotopic (exact) mass is 374 g/mol. The van der Waals surface area contributed by atoms with Crippen molar-refractivity contribution in [1.82, 2.24) is 0 Å². The Morgan fingerprint density at radius 2 is 2.07 bits per heavy atom. The van der Waals surface area contributed by atoms with Gasteiger partial charge in [0.05, 0.1) is 19.0 Å². The lowest BCUT2D eigenvalue weighted by atomic mass is 9.61. The summed E-state index contributed by atoms with van der Waals surface area (Å²) < 4.78 is 28.4. The second-order valence-electron chi connectivity index (χ2n) is 7.46. The van der Waals surface area contributed by atoms with Crippen LogP contribution in [0.3, 0.4) is 0 Å². The van der Waals surface area contributed by atoms with Crippen molar-refractivity contribution in [2.24, 2.45) is 11.3 Å². The molecule has 1 saturated heterocycles. The number of methoxy groups -OCH3 is 2. The SMILES string of the molecule is C=CC[C@]12CC(OC)=C[C@@H](OC)[C@]1(O)O[C@@H](c1ccc3c(c1)OCO3)[C@@H]2C. The minimum atomic E-state index is -1.49. The van der Waals surface area contributed by atoms with Gasteiger partial charge in [-0.1, -0.05) is 19.1 Å². The molecule has 0 radical (unpaired) electrons. The molecule has 1 aliphatic carbocycles. The fourth-order valence-electron chi connectivity index (χ4n) is 4.80. The minimum absolute atomic E-state index is 0.0163. The molecule has 1 N–H and O–H groups in total. The van der Waals surface area contributed by atoms with Gasteiger partial charge in [-0.05, 0) is 36.1 Å². The highest BCUT2D eigenvalue weighted by molar-refractivity contribution is 5.45. The van der Waals surface area contributed by atoms with Gasteiger partial charge in [-0.25, -0.2) is 0 Å². The summed E-state index contributed by atoms with van der Waals surface area (Å²) in [4.78, 5) is 0. The predicted octanol–water partition coefficient (Wildman–Crippen LogP) is 3.32. The molecule has 3 aliphatic rings. The summed E-state index contributed by atoms with van der Waals surface area (Å²) in [6.45, 7) is 6.24. The Hall–Kier alpha value is -2.02. The van der Waals surface area contributed by atoms with E-state index in [9.17, 15) is 5.11 Å². The zero-order valence-electron chi connectivity index (χ0n) is 15.9. The van der Waals surface area contributed by atoms with Crippen molar-refractivity contribution in [2.75, 3.05) is 21.0 Å². The lowest BCUT2D eigenvalue weighted by Crippen LogP contribution is -2.58. The second kappa shape index (κ2) is 6.55. The summed E-state index contributed by atoms with van der Waals surface area (Å²) >= 11 is 0. The first-order valence-corrected chi connectivity index (χ1v) is 9.17. The average Bonchev–Trinajstić information content (AvgIpc) is 3.22. The number of hydrogen-bond acceptors (Lipinski definition) is 6. The van der Waals surface area contributed by atoms with Gasteiger partial charge in [0, 0.05) is 18.9 Å². The lowest BCUT2D eigenvalue weighted by molar-refractivity contribution is -0.289. The van der Waals surface area contributed by atoms with Gasteiger partial charge in [0.2, 0.25) is 12.6 Å². The largest absolute Gasteiger partial charge is 0.501 e. The van der Waals surface area contributed by atoms with Crippen LogP contribution in [-0.2, 0) is 14.2 Å². The Kier molecular flexibility index (Phi) is 4.45. The molecule has 0 saturated carbocycles. The lowest BCUT2D eigenvalue weighted by Gasteiger charge is -2.48. The smallest absolute Gasteiger partial charge is 0.231 e. The Bertz CT molecular complexity index is 774. The van der Waals surface area contributed by atoms with Gasteiger partial charge in [0.1, 0.15) is 6.10 Å². The molecule has 0 unspecified atom stereocenters. The van der Waals surface area contributed by atoms with Crippen LogP contribution in [0.1, 0.15) is 31.4 Å². The molecule has 0 amide bonds. The Balaban J connectivity index is 1.78. The Morgan fingerprint density at radius 3 is 2.78 bits per heavy atom. The molecule has 1 aromatic carbocycles. The van der Waals surface area contributed by atoms with Gasteiger partial charge in [-0.3, -0.25) is 0 Å². The van der Waals surface area contributed by atoms with Crippen molar-refractivity contribution in [3.05, 3.63) is 48.3 Å². The van der Waals surface area contributed by atoms with Crippen LogP contribution in [0.4, 0.5) is 0 Å². The van der Waals surface area contributed by atoms with Crippen LogP contribution in [0.25, 0.3) is 0 Å². The van der Waals surface area contributed by atoms with Crippen LogP contribution in [-0.4, -0.2) is 38.0 Å². The molecule has 2 heterocycles. The molecule has 0 spiro atoms. The normalized spacial score (nSPS) is 36.9. The van der Waals surface area contributed by atoms with Crippen LogP contribution in [0.2, 0.25) is 0 Å². The molecular weight excluding hydrogens is 348 g/mol. The molecule has 0 aromatic heterocycles. The van der Waals surface area contributed by atoms with Crippen LogP contribution < -0.4 is 9.47 Å². The van der Waals surface area contributed by atoms with E-state index in [2.05, 4.69) is 13.5 Å². The highest BCUT2D eigenvalue weighted by Gasteiger charge is 2.68. The maximum absolute atomic E-state index is 11.7. The van der Waals surface area contributed by atoms with E-state index in [1.54, 1.807) is 20.3 Å². The predicted molar refractivity (Wildman–Crippen MR) is 98.3 cm³/mol. The van der Waals surface area contributed by atoms with Gasteiger partial charge in [0.25, 0.3) is 0 Å². The molecule has 4 rings (SSSR count). The van der Waals surface area contributed by atoms with Gasteiger partial charge < -0.3 is 28.8 Å². The zero-order chi connectivity index (χ0) is 19.2. The van der Waals surface area contributed by atoms with Crippen molar-refractivity contribution in [3.8, 4) is 11.5 Å². The number of hydrogen-bond donors (Lipinski definition) is 1.